The second-order valence-electron chi connectivity index (χ2n) is 9.27. The molecule has 2 fully saturated rings. The lowest BCUT2D eigenvalue weighted by Gasteiger charge is -2.38. The molecule has 1 aliphatic heterocycles. The van der Waals surface area contributed by atoms with Crippen LogP contribution in [0.15, 0.2) is 52.4 Å². The molecule has 0 atom stereocenters. The van der Waals surface area contributed by atoms with Crippen LogP contribution in [-0.2, 0) is 4.74 Å². The van der Waals surface area contributed by atoms with Crippen LogP contribution in [0.5, 0.6) is 0 Å². The van der Waals surface area contributed by atoms with Gasteiger partial charge in [-0.15, -0.1) is 0 Å². The second-order valence-corrected chi connectivity index (χ2v) is 9.27. The third-order valence-corrected chi connectivity index (χ3v) is 6.92. The molecule has 0 aromatic carbocycles. The van der Waals surface area contributed by atoms with Gasteiger partial charge in [-0.1, -0.05) is 0 Å². The average molecular weight is 524 g/mol. The van der Waals surface area contributed by atoms with E-state index in [0.29, 0.717) is 29.9 Å². The van der Waals surface area contributed by atoms with Crippen molar-refractivity contribution < 1.29 is 18.3 Å². The van der Waals surface area contributed by atoms with E-state index < -0.39 is 11.9 Å². The Kier molecular flexibility index (Phi) is 8.14. The van der Waals surface area contributed by atoms with Crippen LogP contribution in [0.25, 0.3) is 11.5 Å². The molecule has 4 N–H and O–H groups in total. The van der Waals surface area contributed by atoms with E-state index in [1.165, 1.54) is 12.4 Å². The number of rotatable bonds is 8. The molecule has 1 saturated heterocycles. The van der Waals surface area contributed by atoms with Gasteiger partial charge in [-0.3, -0.25) is 29.8 Å². The molecule has 0 unspecified atom stereocenters. The van der Waals surface area contributed by atoms with Gasteiger partial charge in [0.25, 0.3) is 5.91 Å². The summed E-state index contributed by atoms with van der Waals surface area (Å²) in [5.74, 6) is -0.965. The number of nitrogens with two attached hydrogens (primary N) is 1. The molecule has 0 bridgehead atoms. The summed E-state index contributed by atoms with van der Waals surface area (Å²) in [6, 6.07) is 0.597. The third-order valence-electron chi connectivity index (χ3n) is 6.92. The Bertz CT molecular complexity index is 1280. The molecule has 4 heterocycles. The number of aromatic amines is 1. The molecule has 13 heteroatoms. The van der Waals surface area contributed by atoms with Gasteiger partial charge >= 0.3 is 0 Å². The fraction of sp³-hybridized carbons (Fsp3) is 0.440. The molecular weight excluding hydrogens is 493 g/mol. The summed E-state index contributed by atoms with van der Waals surface area (Å²) in [4.78, 5) is 32.9. The topological polar surface area (TPSA) is 160 Å². The number of carbonyl (C=O) groups excluding carboxylic acids is 1. The first kappa shape index (κ1) is 25.7. The maximum atomic E-state index is 13.8. The van der Waals surface area contributed by atoms with E-state index in [0.717, 1.165) is 58.2 Å². The number of oxazole rings is 1. The number of carbonyl (C=O) groups is 1. The maximum Gasteiger partial charge on any atom is 0.277 e. The Morgan fingerprint density at radius 1 is 1.21 bits per heavy atom. The molecule has 2 aliphatic rings. The fourth-order valence-corrected chi connectivity index (χ4v) is 4.87. The number of aromatic nitrogens is 5. The summed E-state index contributed by atoms with van der Waals surface area (Å²) in [5, 5.41) is 8.49. The number of hydrogen-bond donors (Lipinski definition) is 3. The van der Waals surface area contributed by atoms with Gasteiger partial charge in [-0.05, 0) is 31.6 Å². The summed E-state index contributed by atoms with van der Waals surface area (Å²) in [6.45, 7) is 4.18. The van der Waals surface area contributed by atoms with Crippen molar-refractivity contribution in [3.63, 3.8) is 0 Å². The van der Waals surface area contributed by atoms with Crippen molar-refractivity contribution in [3.05, 3.63) is 60.3 Å². The van der Waals surface area contributed by atoms with E-state index >= 15 is 0 Å². The Balaban J connectivity index is 1.27. The minimum Gasteiger partial charge on any atom is -0.443 e. The van der Waals surface area contributed by atoms with E-state index in [1.807, 2.05) is 0 Å². The molecule has 3 aromatic rings. The molecule has 38 heavy (non-hydrogen) atoms. The monoisotopic (exact) mass is 523 g/mol. The first-order valence-electron chi connectivity index (χ1n) is 12.6. The van der Waals surface area contributed by atoms with Gasteiger partial charge in [-0.25, -0.2) is 4.98 Å². The highest BCUT2D eigenvalue weighted by Gasteiger charge is 2.27. The highest BCUT2D eigenvalue weighted by molar-refractivity contribution is 6.13. The van der Waals surface area contributed by atoms with Gasteiger partial charge in [-0.2, -0.15) is 9.49 Å². The van der Waals surface area contributed by atoms with Crippen LogP contribution >= 0.6 is 0 Å². The van der Waals surface area contributed by atoms with Gasteiger partial charge in [0, 0.05) is 44.3 Å². The molecule has 5 rings (SSSR count). The number of nitrogens with one attached hydrogen (secondary N) is 2. The van der Waals surface area contributed by atoms with E-state index in [1.54, 1.807) is 18.6 Å². The standard InChI is InChI=1S/C25H30FN9O3/c26-23-18(13-31-34-23)25-33-21(15-38-25)24(36)32-19(11-27)22(20-14-28-5-6-29-20)30-12-16-1-3-17(4-2-16)35-7-9-37-10-8-35/h5-6,11,13-17H,1-4,7-10,12,27H2,(H,31,34)(H,32,36)/b19-11+,30-22?. The number of halogens is 1. The third kappa shape index (κ3) is 5.94. The largest absolute Gasteiger partial charge is 0.443 e. The first-order valence-corrected chi connectivity index (χ1v) is 12.6. The minimum atomic E-state index is -0.711. The molecule has 0 radical (unpaired) electrons. The minimum absolute atomic E-state index is 0.0174. The van der Waals surface area contributed by atoms with Crippen LogP contribution < -0.4 is 11.1 Å². The predicted octanol–water partition coefficient (Wildman–Crippen LogP) is 1.90. The summed E-state index contributed by atoms with van der Waals surface area (Å²) in [6.07, 6.45) is 12.7. The summed E-state index contributed by atoms with van der Waals surface area (Å²) in [5.41, 5.74) is 7.05. The molecule has 1 amide bonds. The molecule has 12 nitrogen and oxygen atoms in total. The van der Waals surface area contributed by atoms with Crippen LogP contribution in [0.1, 0.15) is 41.9 Å². The SMILES string of the molecule is N/C=C(/NC(=O)c1coc(-c2cn[nH]c2F)n1)C(=NCC1CCC(N2CCOCC2)CC1)c1cnccn1. The summed E-state index contributed by atoms with van der Waals surface area (Å²) in [7, 11) is 0. The van der Waals surface area contributed by atoms with E-state index in [9.17, 15) is 9.18 Å². The van der Waals surface area contributed by atoms with Gasteiger partial charge in [0.05, 0.1) is 31.3 Å². The Morgan fingerprint density at radius 3 is 2.71 bits per heavy atom. The average Bonchev–Trinajstić information content (AvgIpc) is 3.63. The van der Waals surface area contributed by atoms with Crippen molar-refractivity contribution >= 4 is 11.6 Å². The lowest BCUT2D eigenvalue weighted by Crippen LogP contribution is -2.45. The number of hydrogen-bond acceptors (Lipinski definition) is 10. The van der Waals surface area contributed by atoms with Crippen molar-refractivity contribution in [2.75, 3.05) is 32.8 Å². The predicted molar refractivity (Wildman–Crippen MR) is 135 cm³/mol. The number of ether oxygens (including phenoxy) is 1. The van der Waals surface area contributed by atoms with Crippen molar-refractivity contribution in [2.24, 2.45) is 16.6 Å². The van der Waals surface area contributed by atoms with E-state index in [-0.39, 0.29) is 22.8 Å². The smallest absolute Gasteiger partial charge is 0.277 e. The van der Waals surface area contributed by atoms with Crippen LogP contribution in [-0.4, -0.2) is 80.6 Å². The lowest BCUT2D eigenvalue weighted by molar-refractivity contribution is 0.00528. The second kappa shape index (κ2) is 12.0. The number of allylic oxidation sites excluding steroid dienone is 1. The Morgan fingerprint density at radius 2 is 2.03 bits per heavy atom. The summed E-state index contributed by atoms with van der Waals surface area (Å²) < 4.78 is 24.5. The molecule has 1 aliphatic carbocycles. The fourth-order valence-electron chi connectivity index (χ4n) is 4.87. The number of aliphatic imine (C=N–C) groups is 1. The van der Waals surface area contributed by atoms with Gasteiger partial charge in [0.15, 0.2) is 5.69 Å². The lowest BCUT2D eigenvalue weighted by atomic mass is 9.85. The van der Waals surface area contributed by atoms with E-state index in [2.05, 4.69) is 35.4 Å². The number of morpholine rings is 1. The molecule has 200 valence electrons. The highest BCUT2D eigenvalue weighted by atomic mass is 19.1. The zero-order valence-corrected chi connectivity index (χ0v) is 20.8. The van der Waals surface area contributed by atoms with Crippen LogP contribution in [0.2, 0.25) is 0 Å². The molecular formula is C25H30FN9O3. The number of H-pyrrole nitrogens is 1. The van der Waals surface area contributed by atoms with Gasteiger partial charge in [0.1, 0.15) is 23.2 Å². The molecule has 3 aromatic heterocycles. The zero-order valence-electron chi connectivity index (χ0n) is 20.8. The van der Waals surface area contributed by atoms with Crippen molar-refractivity contribution in [1.29, 1.82) is 0 Å². The highest BCUT2D eigenvalue weighted by Crippen LogP contribution is 2.28. The quantitative estimate of drug-likeness (QED) is 0.375. The first-order chi connectivity index (χ1) is 18.6. The Hall–Kier alpha value is -3.97. The molecule has 0 spiro atoms. The van der Waals surface area contributed by atoms with Crippen molar-refractivity contribution in [1.82, 2.24) is 35.4 Å². The van der Waals surface area contributed by atoms with Gasteiger partial charge in [0.2, 0.25) is 11.8 Å². The van der Waals surface area contributed by atoms with Crippen LogP contribution in [0.3, 0.4) is 0 Å². The molecule has 1 saturated carbocycles. The van der Waals surface area contributed by atoms with Gasteiger partial charge < -0.3 is 20.2 Å². The zero-order chi connectivity index (χ0) is 26.3. The summed E-state index contributed by atoms with van der Waals surface area (Å²) >= 11 is 0. The van der Waals surface area contributed by atoms with Crippen molar-refractivity contribution in [3.8, 4) is 11.5 Å². The van der Waals surface area contributed by atoms with Crippen LogP contribution in [0.4, 0.5) is 4.39 Å². The normalized spacial score (nSPS) is 21.4. The number of nitrogens with zero attached hydrogens (tertiary/aromatic N) is 6. The van der Waals surface area contributed by atoms with Crippen LogP contribution in [0, 0.1) is 11.9 Å². The maximum absolute atomic E-state index is 13.8. The Labute approximate surface area is 218 Å². The van der Waals surface area contributed by atoms with E-state index in [4.69, 9.17) is 19.9 Å². The number of amides is 1. The van der Waals surface area contributed by atoms with Crippen molar-refractivity contribution in [2.45, 2.75) is 31.7 Å².